The number of amides is 1. The van der Waals surface area contributed by atoms with Gasteiger partial charge in [-0.2, -0.15) is 5.10 Å². The number of non-ortho nitro benzene ring substituents is 1. The van der Waals surface area contributed by atoms with Gasteiger partial charge in [-0.3, -0.25) is 19.6 Å². The fourth-order valence-electron chi connectivity index (χ4n) is 2.09. The number of nitrogens with zero attached hydrogens (tertiary/aromatic N) is 3. The zero-order valence-corrected chi connectivity index (χ0v) is 15.5. The molecule has 1 unspecified atom stereocenters. The van der Waals surface area contributed by atoms with Crippen molar-refractivity contribution in [2.75, 3.05) is 5.32 Å². The predicted molar refractivity (Wildman–Crippen MR) is 94.6 cm³/mol. The molecule has 138 valence electrons. The Kier molecular flexibility index (Phi) is 5.83. The van der Waals surface area contributed by atoms with E-state index in [1.54, 1.807) is 14.0 Å². The Balaban J connectivity index is 2.08. The minimum Gasteiger partial charge on any atom is -0.449 e. The molecule has 2 aromatic rings. The van der Waals surface area contributed by atoms with Gasteiger partial charge in [0.05, 0.1) is 21.3 Å². The van der Waals surface area contributed by atoms with E-state index in [0.29, 0.717) is 5.69 Å². The molecular formula is C15H14Cl2N4O5. The number of esters is 1. The molecule has 0 aliphatic rings. The number of nitro groups is 1. The highest BCUT2D eigenvalue weighted by molar-refractivity contribution is 6.34. The molecule has 0 saturated heterocycles. The van der Waals surface area contributed by atoms with Gasteiger partial charge in [-0.05, 0) is 19.9 Å². The Labute approximate surface area is 158 Å². The minimum absolute atomic E-state index is 0.0165. The van der Waals surface area contributed by atoms with Crippen LogP contribution in [0.15, 0.2) is 18.2 Å². The third-order valence-electron chi connectivity index (χ3n) is 3.43. The summed E-state index contributed by atoms with van der Waals surface area (Å²) in [5.41, 5.74) is 0.380. The van der Waals surface area contributed by atoms with Gasteiger partial charge in [0.25, 0.3) is 11.6 Å². The lowest BCUT2D eigenvalue weighted by molar-refractivity contribution is -0.384. The van der Waals surface area contributed by atoms with Crippen LogP contribution in [0.2, 0.25) is 10.2 Å². The molecule has 0 radical (unpaired) electrons. The van der Waals surface area contributed by atoms with E-state index in [4.69, 9.17) is 27.9 Å². The van der Waals surface area contributed by atoms with Crippen molar-refractivity contribution in [3.63, 3.8) is 0 Å². The fraction of sp³-hybridized carbons (Fsp3) is 0.267. The molecule has 0 aliphatic heterocycles. The SMILES string of the molecule is Cc1nn(C)c(Cl)c1C(=O)OC(C)C(=O)Nc1ccc([N+](=O)[O-])cc1Cl. The lowest BCUT2D eigenvalue weighted by Crippen LogP contribution is -2.30. The van der Waals surface area contributed by atoms with Crippen molar-refractivity contribution < 1.29 is 19.2 Å². The molecule has 1 amide bonds. The summed E-state index contributed by atoms with van der Waals surface area (Å²) >= 11 is 11.9. The first-order valence-electron chi connectivity index (χ1n) is 7.26. The number of nitrogens with one attached hydrogen (secondary N) is 1. The molecule has 1 aromatic carbocycles. The maximum absolute atomic E-state index is 12.2. The third kappa shape index (κ3) is 4.12. The number of carbonyl (C=O) groups is 2. The van der Waals surface area contributed by atoms with Crippen molar-refractivity contribution in [1.82, 2.24) is 9.78 Å². The zero-order chi connectivity index (χ0) is 19.6. The first-order chi connectivity index (χ1) is 12.1. The summed E-state index contributed by atoms with van der Waals surface area (Å²) in [4.78, 5) is 34.5. The number of hydrogen-bond acceptors (Lipinski definition) is 6. The van der Waals surface area contributed by atoms with Crippen LogP contribution in [0.3, 0.4) is 0 Å². The number of rotatable bonds is 5. The van der Waals surface area contributed by atoms with Crippen LogP contribution in [0.5, 0.6) is 0 Å². The Hall–Kier alpha value is -2.65. The standard InChI is InChI=1S/C15H14Cl2N4O5/c1-7-12(13(17)20(3)19-7)15(23)26-8(2)14(22)18-11-5-4-9(21(24)25)6-10(11)16/h4-6,8H,1-3H3,(H,18,22). The molecule has 26 heavy (non-hydrogen) atoms. The summed E-state index contributed by atoms with van der Waals surface area (Å²) in [6, 6.07) is 3.58. The highest BCUT2D eigenvalue weighted by Gasteiger charge is 2.25. The predicted octanol–water partition coefficient (Wildman–Crippen LogP) is 3.13. The van der Waals surface area contributed by atoms with E-state index in [2.05, 4.69) is 10.4 Å². The molecule has 2 rings (SSSR count). The third-order valence-corrected chi connectivity index (χ3v) is 4.18. The number of carbonyl (C=O) groups excluding carboxylic acids is 2. The second-order valence-electron chi connectivity index (χ2n) is 5.33. The van der Waals surface area contributed by atoms with Gasteiger partial charge in [0.2, 0.25) is 0 Å². The van der Waals surface area contributed by atoms with Crippen LogP contribution in [0.4, 0.5) is 11.4 Å². The lowest BCUT2D eigenvalue weighted by Gasteiger charge is -2.14. The first-order valence-corrected chi connectivity index (χ1v) is 8.02. The Morgan fingerprint density at radius 1 is 1.38 bits per heavy atom. The minimum atomic E-state index is -1.16. The first kappa shape index (κ1) is 19.7. The molecular weight excluding hydrogens is 387 g/mol. The number of ether oxygens (including phenoxy) is 1. The van der Waals surface area contributed by atoms with Crippen LogP contribution in [0.1, 0.15) is 23.0 Å². The van der Waals surface area contributed by atoms with E-state index in [1.807, 2.05) is 0 Å². The van der Waals surface area contributed by atoms with E-state index in [1.165, 1.54) is 23.7 Å². The summed E-state index contributed by atoms with van der Waals surface area (Å²) < 4.78 is 6.42. The topological polar surface area (TPSA) is 116 Å². The zero-order valence-electron chi connectivity index (χ0n) is 13.9. The summed E-state index contributed by atoms with van der Waals surface area (Å²) in [6.45, 7) is 2.95. The average molecular weight is 401 g/mol. The van der Waals surface area contributed by atoms with Gasteiger partial charge < -0.3 is 10.1 Å². The van der Waals surface area contributed by atoms with E-state index < -0.39 is 22.9 Å². The highest BCUT2D eigenvalue weighted by Crippen LogP contribution is 2.27. The van der Waals surface area contributed by atoms with Gasteiger partial charge in [-0.1, -0.05) is 23.2 Å². The van der Waals surface area contributed by atoms with Gasteiger partial charge in [-0.25, -0.2) is 4.79 Å². The Bertz CT molecular complexity index is 896. The summed E-state index contributed by atoms with van der Waals surface area (Å²) in [5.74, 6) is -1.45. The molecule has 0 saturated carbocycles. The van der Waals surface area contributed by atoms with E-state index in [9.17, 15) is 19.7 Å². The summed E-state index contributed by atoms with van der Waals surface area (Å²) in [6.07, 6.45) is -1.16. The Morgan fingerprint density at radius 3 is 2.54 bits per heavy atom. The second kappa shape index (κ2) is 7.71. The smallest absolute Gasteiger partial charge is 0.343 e. The van der Waals surface area contributed by atoms with Crippen LogP contribution < -0.4 is 5.32 Å². The average Bonchev–Trinajstić information content (AvgIpc) is 2.81. The number of anilines is 1. The van der Waals surface area contributed by atoms with E-state index in [0.717, 1.165) is 6.07 Å². The summed E-state index contributed by atoms with van der Waals surface area (Å²) in [7, 11) is 1.57. The Morgan fingerprint density at radius 2 is 2.04 bits per heavy atom. The second-order valence-corrected chi connectivity index (χ2v) is 6.10. The van der Waals surface area contributed by atoms with Crippen molar-refractivity contribution in [1.29, 1.82) is 0 Å². The number of nitro benzene ring substituents is 1. The number of hydrogen-bond donors (Lipinski definition) is 1. The van der Waals surface area contributed by atoms with Crippen molar-refractivity contribution in [3.05, 3.63) is 49.7 Å². The van der Waals surface area contributed by atoms with E-state index in [-0.39, 0.29) is 27.1 Å². The molecule has 1 aromatic heterocycles. The van der Waals surface area contributed by atoms with Crippen LogP contribution in [0.25, 0.3) is 0 Å². The van der Waals surface area contributed by atoms with Gasteiger partial charge in [-0.15, -0.1) is 0 Å². The van der Waals surface area contributed by atoms with E-state index >= 15 is 0 Å². The maximum Gasteiger partial charge on any atom is 0.343 e. The van der Waals surface area contributed by atoms with Gasteiger partial charge in [0, 0.05) is 19.2 Å². The normalized spacial score (nSPS) is 11.7. The van der Waals surface area contributed by atoms with Crippen LogP contribution in [-0.4, -0.2) is 32.7 Å². The largest absolute Gasteiger partial charge is 0.449 e. The number of halogens is 2. The fourth-order valence-corrected chi connectivity index (χ4v) is 2.56. The molecule has 1 N–H and O–H groups in total. The molecule has 0 bridgehead atoms. The molecule has 9 nitrogen and oxygen atoms in total. The van der Waals surface area contributed by atoms with Crippen molar-refractivity contribution in [2.24, 2.45) is 7.05 Å². The molecule has 0 spiro atoms. The van der Waals surface area contributed by atoms with Crippen LogP contribution in [0, 0.1) is 17.0 Å². The van der Waals surface area contributed by atoms with Crippen LogP contribution >= 0.6 is 23.2 Å². The number of aryl methyl sites for hydroxylation is 2. The van der Waals surface area contributed by atoms with Crippen molar-refractivity contribution in [2.45, 2.75) is 20.0 Å². The molecule has 0 aliphatic carbocycles. The molecule has 1 heterocycles. The molecule has 11 heteroatoms. The van der Waals surface area contributed by atoms with Gasteiger partial charge in [0.15, 0.2) is 6.10 Å². The van der Waals surface area contributed by atoms with Gasteiger partial charge in [0.1, 0.15) is 10.7 Å². The van der Waals surface area contributed by atoms with Crippen molar-refractivity contribution >= 4 is 46.5 Å². The number of benzene rings is 1. The molecule has 1 atom stereocenters. The molecule has 0 fully saturated rings. The number of aromatic nitrogens is 2. The maximum atomic E-state index is 12.2. The van der Waals surface area contributed by atoms with Crippen molar-refractivity contribution in [3.8, 4) is 0 Å². The monoisotopic (exact) mass is 400 g/mol. The lowest BCUT2D eigenvalue weighted by atomic mass is 10.2. The highest BCUT2D eigenvalue weighted by atomic mass is 35.5. The van der Waals surface area contributed by atoms with Gasteiger partial charge >= 0.3 is 5.97 Å². The van der Waals surface area contributed by atoms with Crippen LogP contribution in [-0.2, 0) is 16.6 Å². The quantitative estimate of drug-likeness (QED) is 0.468. The summed E-state index contributed by atoms with van der Waals surface area (Å²) in [5, 5.41) is 17.2.